The third kappa shape index (κ3) is 2.48. The van der Waals surface area contributed by atoms with Crippen molar-refractivity contribution in [2.75, 3.05) is 17.1 Å². The number of aromatic nitrogens is 3. The highest BCUT2D eigenvalue weighted by atomic mass is 35.5. The van der Waals surface area contributed by atoms with Gasteiger partial charge in [-0.25, -0.2) is 9.50 Å². The van der Waals surface area contributed by atoms with Crippen LogP contribution >= 0.6 is 23.2 Å². The fraction of sp³-hybridized carbons (Fsp3) is 0.455. The van der Waals surface area contributed by atoms with Gasteiger partial charge in [-0.3, -0.25) is 0 Å². The summed E-state index contributed by atoms with van der Waals surface area (Å²) < 4.78 is 1.71. The van der Waals surface area contributed by atoms with Crippen LogP contribution in [0.5, 0.6) is 0 Å². The summed E-state index contributed by atoms with van der Waals surface area (Å²) in [6.07, 6.45) is 4.40. The van der Waals surface area contributed by atoms with Crippen molar-refractivity contribution >= 4 is 34.7 Å². The molecule has 0 bridgehead atoms. The molecule has 17 heavy (non-hydrogen) atoms. The van der Waals surface area contributed by atoms with E-state index in [1.807, 2.05) is 18.3 Å². The Morgan fingerprint density at radius 2 is 2.12 bits per heavy atom. The van der Waals surface area contributed by atoms with Crippen molar-refractivity contribution in [2.24, 2.45) is 0 Å². The molecule has 0 aliphatic heterocycles. The number of alkyl halides is 2. The van der Waals surface area contributed by atoms with Crippen LogP contribution in [-0.4, -0.2) is 31.9 Å². The Kier molecular flexibility index (Phi) is 3.74. The summed E-state index contributed by atoms with van der Waals surface area (Å²) >= 11 is 12.0. The Labute approximate surface area is 110 Å². The molecule has 92 valence electrons. The van der Waals surface area contributed by atoms with Gasteiger partial charge in [-0.1, -0.05) is 6.92 Å². The van der Waals surface area contributed by atoms with Gasteiger partial charge in [-0.15, -0.1) is 23.2 Å². The number of halogens is 2. The lowest BCUT2D eigenvalue weighted by Crippen LogP contribution is -2.42. The lowest BCUT2D eigenvalue weighted by Gasteiger charge is -2.30. The molecule has 4 nitrogen and oxygen atoms in total. The molecule has 6 heteroatoms. The third-order valence-corrected chi connectivity index (χ3v) is 3.86. The Bertz CT molecular complexity index is 485. The van der Waals surface area contributed by atoms with Crippen molar-refractivity contribution < 1.29 is 0 Å². The molecule has 0 aliphatic rings. The van der Waals surface area contributed by atoms with Crippen LogP contribution in [0.15, 0.2) is 24.5 Å². The molecule has 0 spiro atoms. The van der Waals surface area contributed by atoms with Crippen LogP contribution in [-0.2, 0) is 0 Å². The zero-order valence-corrected chi connectivity index (χ0v) is 11.0. The minimum Gasteiger partial charge on any atom is -0.362 e. The third-order valence-electron chi connectivity index (χ3n) is 2.84. The summed E-state index contributed by atoms with van der Waals surface area (Å²) in [6.45, 7) is 2.05. The lowest BCUT2D eigenvalue weighted by atomic mass is 10.0. The Hall–Kier alpha value is -1.00. The number of rotatable bonds is 5. The maximum Gasteiger partial charge on any atom is 0.157 e. The predicted molar refractivity (Wildman–Crippen MR) is 71.1 cm³/mol. The molecule has 0 aliphatic carbocycles. The summed E-state index contributed by atoms with van der Waals surface area (Å²) in [5.74, 6) is 1.65. The second kappa shape index (κ2) is 5.10. The Morgan fingerprint density at radius 1 is 1.35 bits per heavy atom. The quantitative estimate of drug-likeness (QED) is 0.852. The molecule has 0 unspecified atom stereocenters. The normalized spacial score (nSPS) is 11.9. The van der Waals surface area contributed by atoms with Crippen molar-refractivity contribution in [2.45, 2.75) is 18.9 Å². The highest BCUT2D eigenvalue weighted by molar-refractivity contribution is 6.22. The van der Waals surface area contributed by atoms with Gasteiger partial charge < -0.3 is 5.32 Å². The van der Waals surface area contributed by atoms with Gasteiger partial charge in [0.2, 0.25) is 0 Å². The molecule has 0 atom stereocenters. The summed E-state index contributed by atoms with van der Waals surface area (Å²) in [5.41, 5.74) is 0.484. The van der Waals surface area contributed by atoms with Crippen molar-refractivity contribution in [3.05, 3.63) is 24.5 Å². The Morgan fingerprint density at radius 3 is 2.76 bits per heavy atom. The first-order valence-corrected chi connectivity index (χ1v) is 6.50. The maximum absolute atomic E-state index is 5.98. The first-order valence-electron chi connectivity index (χ1n) is 5.43. The SMILES string of the molecule is CCC(CCl)(CCl)Nc1ccn2nccc2n1. The topological polar surface area (TPSA) is 42.2 Å². The summed E-state index contributed by atoms with van der Waals surface area (Å²) in [5, 5.41) is 7.40. The van der Waals surface area contributed by atoms with Gasteiger partial charge in [0.25, 0.3) is 0 Å². The van der Waals surface area contributed by atoms with Crippen LogP contribution in [0.3, 0.4) is 0 Å². The van der Waals surface area contributed by atoms with Crippen molar-refractivity contribution in [1.82, 2.24) is 14.6 Å². The van der Waals surface area contributed by atoms with Crippen molar-refractivity contribution in [1.29, 1.82) is 0 Å². The second-order valence-electron chi connectivity index (χ2n) is 3.97. The smallest absolute Gasteiger partial charge is 0.157 e. The molecular weight excluding hydrogens is 259 g/mol. The Balaban J connectivity index is 2.27. The monoisotopic (exact) mass is 272 g/mol. The maximum atomic E-state index is 5.98. The van der Waals surface area contributed by atoms with Crippen LogP contribution in [0.1, 0.15) is 13.3 Å². The van der Waals surface area contributed by atoms with Crippen LogP contribution in [0.25, 0.3) is 5.65 Å². The molecule has 0 aromatic carbocycles. The van der Waals surface area contributed by atoms with Gasteiger partial charge in [0.15, 0.2) is 5.65 Å². The minimum absolute atomic E-state index is 0.311. The van der Waals surface area contributed by atoms with E-state index in [0.29, 0.717) is 11.8 Å². The van der Waals surface area contributed by atoms with Crippen molar-refractivity contribution in [3.63, 3.8) is 0 Å². The van der Waals surface area contributed by atoms with E-state index in [1.54, 1.807) is 10.7 Å². The van der Waals surface area contributed by atoms with E-state index in [9.17, 15) is 0 Å². The van der Waals surface area contributed by atoms with E-state index in [1.165, 1.54) is 0 Å². The molecule has 2 heterocycles. The van der Waals surface area contributed by atoms with Crippen LogP contribution in [0, 0.1) is 0 Å². The number of hydrogen-bond acceptors (Lipinski definition) is 3. The molecule has 0 radical (unpaired) electrons. The highest BCUT2D eigenvalue weighted by Gasteiger charge is 2.26. The number of hydrogen-bond donors (Lipinski definition) is 1. The molecule has 2 aromatic rings. The molecule has 2 aromatic heterocycles. The summed E-state index contributed by atoms with van der Waals surface area (Å²) in [4.78, 5) is 4.44. The predicted octanol–water partition coefficient (Wildman–Crippen LogP) is 2.77. The van der Waals surface area contributed by atoms with Gasteiger partial charge >= 0.3 is 0 Å². The van der Waals surface area contributed by atoms with E-state index in [2.05, 4.69) is 22.3 Å². The molecule has 0 amide bonds. The van der Waals surface area contributed by atoms with E-state index >= 15 is 0 Å². The van der Waals surface area contributed by atoms with E-state index in [4.69, 9.17) is 23.2 Å². The number of fused-ring (bicyclic) bond motifs is 1. The fourth-order valence-electron chi connectivity index (χ4n) is 1.53. The van der Waals surface area contributed by atoms with Crippen LogP contribution in [0.2, 0.25) is 0 Å². The highest BCUT2D eigenvalue weighted by Crippen LogP contribution is 2.21. The van der Waals surface area contributed by atoms with Gasteiger partial charge in [0.05, 0.1) is 11.7 Å². The van der Waals surface area contributed by atoms with Crippen molar-refractivity contribution in [3.8, 4) is 0 Å². The lowest BCUT2D eigenvalue weighted by molar-refractivity contribution is 0.558. The largest absolute Gasteiger partial charge is 0.362 e. The first-order chi connectivity index (χ1) is 8.23. The molecule has 0 saturated carbocycles. The molecule has 0 fully saturated rings. The van der Waals surface area contributed by atoms with Gasteiger partial charge in [-0.2, -0.15) is 5.10 Å². The van der Waals surface area contributed by atoms with Gasteiger partial charge in [0.1, 0.15) is 5.82 Å². The standard InChI is InChI=1S/C11H14Cl2N4/c1-2-11(7-12,8-13)16-9-4-6-17-10(15-9)3-5-14-17/h3-6H,2,7-8H2,1H3,(H,15,16). The van der Waals surface area contributed by atoms with E-state index < -0.39 is 0 Å². The van der Waals surface area contributed by atoms with Crippen LogP contribution < -0.4 is 5.32 Å². The fourth-order valence-corrected chi connectivity index (χ4v) is 2.33. The average Bonchev–Trinajstić information content (AvgIpc) is 2.83. The zero-order valence-electron chi connectivity index (χ0n) is 9.53. The van der Waals surface area contributed by atoms with Gasteiger partial charge in [0, 0.05) is 24.0 Å². The van der Waals surface area contributed by atoms with E-state index in [-0.39, 0.29) is 5.54 Å². The molecular formula is C11H14Cl2N4. The average molecular weight is 273 g/mol. The number of anilines is 1. The molecule has 0 saturated heterocycles. The first kappa shape index (κ1) is 12.5. The zero-order chi connectivity index (χ0) is 12.3. The summed E-state index contributed by atoms with van der Waals surface area (Å²) in [6, 6.07) is 3.71. The second-order valence-corrected chi connectivity index (χ2v) is 4.51. The van der Waals surface area contributed by atoms with Gasteiger partial charge in [-0.05, 0) is 12.5 Å². The molecule has 2 rings (SSSR count). The summed E-state index contributed by atoms with van der Waals surface area (Å²) in [7, 11) is 0. The number of nitrogens with one attached hydrogen (secondary N) is 1. The van der Waals surface area contributed by atoms with E-state index in [0.717, 1.165) is 17.9 Å². The van der Waals surface area contributed by atoms with Crippen LogP contribution in [0.4, 0.5) is 5.82 Å². The number of nitrogens with zero attached hydrogens (tertiary/aromatic N) is 3. The minimum atomic E-state index is -0.311. The molecule has 1 N–H and O–H groups in total.